The Bertz CT molecular complexity index is 185. The molecule has 0 radical (unpaired) electrons. The summed E-state index contributed by atoms with van der Waals surface area (Å²) in [5.41, 5.74) is 0.230. The topological polar surface area (TPSA) is 41.1 Å². The average Bonchev–Trinajstić information content (AvgIpc) is 1.96. The molecule has 0 saturated heterocycles. The van der Waals surface area contributed by atoms with Crippen LogP contribution in [0.2, 0.25) is 0 Å². The maximum absolute atomic E-state index is 11.3. The molecule has 0 heterocycles. The highest BCUT2D eigenvalue weighted by molar-refractivity contribution is 5.78. The smallest absolute Gasteiger partial charge is 0.234 e. The molecule has 76 valence electrons. The minimum absolute atomic E-state index is 0.100. The van der Waals surface area contributed by atoms with Gasteiger partial charge in [0.1, 0.15) is 0 Å². The Kier molecular flexibility index (Phi) is 3.31. The van der Waals surface area contributed by atoms with Crippen LogP contribution in [-0.2, 0) is 4.79 Å². The van der Waals surface area contributed by atoms with Gasteiger partial charge in [0.25, 0.3) is 0 Å². The number of carbonyl (C=O) groups is 1. The summed E-state index contributed by atoms with van der Waals surface area (Å²) < 4.78 is 0. The van der Waals surface area contributed by atoms with Crippen molar-refractivity contribution in [1.82, 2.24) is 10.6 Å². The van der Waals surface area contributed by atoms with Gasteiger partial charge in [0.15, 0.2) is 0 Å². The van der Waals surface area contributed by atoms with Crippen molar-refractivity contribution in [3.05, 3.63) is 0 Å². The minimum Gasteiger partial charge on any atom is -0.353 e. The van der Waals surface area contributed by atoms with Gasteiger partial charge in [0.05, 0.1) is 6.54 Å². The van der Waals surface area contributed by atoms with Crippen molar-refractivity contribution in [3.63, 3.8) is 0 Å². The Labute approximate surface area is 80.3 Å². The van der Waals surface area contributed by atoms with Crippen LogP contribution in [0.15, 0.2) is 0 Å². The zero-order valence-corrected chi connectivity index (χ0v) is 8.81. The predicted octanol–water partition coefficient (Wildman–Crippen LogP) is 1.04. The molecule has 0 atom stereocenters. The van der Waals surface area contributed by atoms with Gasteiger partial charge in [-0.15, -0.1) is 0 Å². The summed E-state index contributed by atoms with van der Waals surface area (Å²) in [6.07, 6.45) is 3.68. The number of amides is 1. The summed E-state index contributed by atoms with van der Waals surface area (Å²) in [4.78, 5) is 11.3. The van der Waals surface area contributed by atoms with Crippen LogP contribution < -0.4 is 10.6 Å². The van der Waals surface area contributed by atoms with E-state index in [1.165, 1.54) is 19.3 Å². The van der Waals surface area contributed by atoms with Gasteiger partial charge in [0.2, 0.25) is 5.91 Å². The van der Waals surface area contributed by atoms with Crippen LogP contribution in [-0.4, -0.2) is 24.0 Å². The highest BCUT2D eigenvalue weighted by Crippen LogP contribution is 2.30. The van der Waals surface area contributed by atoms with Gasteiger partial charge in [-0.2, -0.15) is 0 Å². The van der Waals surface area contributed by atoms with Gasteiger partial charge in [-0.25, -0.2) is 0 Å². The van der Waals surface area contributed by atoms with Crippen molar-refractivity contribution in [3.8, 4) is 0 Å². The fraction of sp³-hybridized carbons (Fsp3) is 0.900. The molecule has 13 heavy (non-hydrogen) atoms. The van der Waals surface area contributed by atoms with Crippen molar-refractivity contribution in [2.75, 3.05) is 6.54 Å². The number of rotatable bonds is 4. The molecule has 1 fully saturated rings. The van der Waals surface area contributed by atoms with E-state index in [0.717, 1.165) is 0 Å². The first-order chi connectivity index (χ1) is 6.02. The summed E-state index contributed by atoms with van der Waals surface area (Å²) in [6.45, 7) is 6.58. The van der Waals surface area contributed by atoms with Gasteiger partial charge >= 0.3 is 0 Å². The number of hydrogen-bond donors (Lipinski definition) is 2. The van der Waals surface area contributed by atoms with Gasteiger partial charge in [0, 0.05) is 11.6 Å². The lowest BCUT2D eigenvalue weighted by Gasteiger charge is -2.39. The Hall–Kier alpha value is -0.570. The molecule has 3 nitrogen and oxygen atoms in total. The molecule has 1 aliphatic rings. The second-order valence-corrected chi connectivity index (χ2v) is 4.49. The maximum atomic E-state index is 11.3. The van der Waals surface area contributed by atoms with E-state index in [0.29, 0.717) is 6.54 Å². The van der Waals surface area contributed by atoms with Crippen molar-refractivity contribution in [1.29, 1.82) is 0 Å². The normalized spacial score (nSPS) is 19.7. The monoisotopic (exact) mass is 184 g/mol. The van der Waals surface area contributed by atoms with Crippen LogP contribution in [0.5, 0.6) is 0 Å². The first-order valence-corrected chi connectivity index (χ1v) is 5.06. The Morgan fingerprint density at radius 1 is 1.46 bits per heavy atom. The standard InChI is InChI=1S/C10H20N2O/c1-8(2)12-9(13)7-11-10(3)5-4-6-10/h8,11H,4-7H2,1-3H3,(H,12,13). The molecule has 0 unspecified atom stereocenters. The van der Waals surface area contributed by atoms with Gasteiger partial charge in [-0.3, -0.25) is 4.79 Å². The predicted molar refractivity (Wildman–Crippen MR) is 53.5 cm³/mol. The summed E-state index contributed by atoms with van der Waals surface area (Å²) in [5.74, 6) is 0.100. The van der Waals surface area contributed by atoms with E-state index < -0.39 is 0 Å². The first kappa shape index (κ1) is 10.5. The molecule has 1 aliphatic carbocycles. The number of hydrogen-bond acceptors (Lipinski definition) is 2. The van der Waals surface area contributed by atoms with E-state index in [9.17, 15) is 4.79 Å². The van der Waals surface area contributed by atoms with Crippen molar-refractivity contribution < 1.29 is 4.79 Å². The van der Waals surface area contributed by atoms with E-state index in [1.807, 2.05) is 13.8 Å². The summed E-state index contributed by atoms with van der Waals surface area (Å²) in [6, 6.07) is 0.239. The molecule has 0 aromatic heterocycles. The fourth-order valence-corrected chi connectivity index (χ4v) is 1.55. The molecule has 2 N–H and O–H groups in total. The van der Waals surface area contributed by atoms with Gasteiger partial charge < -0.3 is 10.6 Å². The maximum Gasteiger partial charge on any atom is 0.234 e. The molecular weight excluding hydrogens is 164 g/mol. The molecular formula is C10H20N2O. The minimum atomic E-state index is 0.100. The van der Waals surface area contributed by atoms with Crippen molar-refractivity contribution >= 4 is 5.91 Å². The molecule has 0 bridgehead atoms. The van der Waals surface area contributed by atoms with Gasteiger partial charge in [-0.1, -0.05) is 0 Å². The lowest BCUT2D eigenvalue weighted by molar-refractivity contribution is -0.121. The molecule has 1 amide bonds. The highest BCUT2D eigenvalue weighted by atomic mass is 16.1. The van der Waals surface area contributed by atoms with Crippen molar-refractivity contribution in [2.45, 2.75) is 51.6 Å². The molecule has 3 heteroatoms. The number of nitrogens with one attached hydrogen (secondary N) is 2. The zero-order valence-electron chi connectivity index (χ0n) is 8.81. The Morgan fingerprint density at radius 3 is 2.46 bits per heavy atom. The van der Waals surface area contributed by atoms with Crippen LogP contribution in [0.3, 0.4) is 0 Å². The van der Waals surface area contributed by atoms with E-state index >= 15 is 0 Å². The van der Waals surface area contributed by atoms with Crippen LogP contribution in [0.1, 0.15) is 40.0 Å². The SMILES string of the molecule is CC(C)NC(=O)CNC1(C)CCC1. The van der Waals surface area contributed by atoms with E-state index in [-0.39, 0.29) is 17.5 Å². The third kappa shape index (κ3) is 3.35. The van der Waals surface area contributed by atoms with E-state index in [4.69, 9.17) is 0 Å². The second kappa shape index (κ2) is 4.09. The lowest BCUT2D eigenvalue weighted by Crippen LogP contribution is -2.52. The fourth-order valence-electron chi connectivity index (χ4n) is 1.55. The average molecular weight is 184 g/mol. The molecule has 0 aromatic rings. The summed E-state index contributed by atoms with van der Waals surface area (Å²) in [7, 11) is 0. The molecule has 0 aromatic carbocycles. The highest BCUT2D eigenvalue weighted by Gasteiger charge is 2.31. The van der Waals surface area contributed by atoms with Crippen LogP contribution in [0.4, 0.5) is 0 Å². The lowest BCUT2D eigenvalue weighted by atomic mass is 9.78. The summed E-state index contributed by atoms with van der Waals surface area (Å²) >= 11 is 0. The third-order valence-electron chi connectivity index (χ3n) is 2.58. The largest absolute Gasteiger partial charge is 0.353 e. The van der Waals surface area contributed by atoms with Crippen LogP contribution >= 0.6 is 0 Å². The van der Waals surface area contributed by atoms with E-state index in [1.54, 1.807) is 0 Å². The molecule has 0 aliphatic heterocycles. The first-order valence-electron chi connectivity index (χ1n) is 5.06. The van der Waals surface area contributed by atoms with Gasteiger partial charge in [-0.05, 0) is 40.0 Å². The Balaban J connectivity index is 2.14. The molecule has 0 spiro atoms. The third-order valence-corrected chi connectivity index (χ3v) is 2.58. The van der Waals surface area contributed by atoms with Crippen molar-refractivity contribution in [2.24, 2.45) is 0 Å². The summed E-state index contributed by atoms with van der Waals surface area (Å²) in [5, 5.41) is 6.15. The second-order valence-electron chi connectivity index (χ2n) is 4.49. The van der Waals surface area contributed by atoms with E-state index in [2.05, 4.69) is 17.6 Å². The Morgan fingerprint density at radius 2 is 2.08 bits per heavy atom. The molecule has 1 saturated carbocycles. The quantitative estimate of drug-likeness (QED) is 0.685. The molecule has 1 rings (SSSR count). The number of carbonyl (C=O) groups excluding carboxylic acids is 1. The van der Waals surface area contributed by atoms with Crippen LogP contribution in [0.25, 0.3) is 0 Å². The van der Waals surface area contributed by atoms with Crippen LogP contribution in [0, 0.1) is 0 Å². The zero-order chi connectivity index (χ0) is 9.90.